The summed E-state index contributed by atoms with van der Waals surface area (Å²) >= 11 is 0. The first-order valence-corrected chi connectivity index (χ1v) is 9.32. The lowest BCUT2D eigenvalue weighted by atomic mass is 9.93. The molecule has 1 aromatic carbocycles. The van der Waals surface area contributed by atoms with Gasteiger partial charge >= 0.3 is 0 Å². The first kappa shape index (κ1) is 17.7. The predicted octanol–water partition coefficient (Wildman–Crippen LogP) is 3.44. The number of fused-ring (bicyclic) bond motifs is 1. The number of hydrogen-bond donors (Lipinski definition) is 3. The summed E-state index contributed by atoms with van der Waals surface area (Å²) in [6, 6.07) is 6.36. The van der Waals surface area contributed by atoms with Crippen molar-refractivity contribution in [2.24, 2.45) is 0 Å². The number of aliphatic hydroxyl groups excluding tert-OH is 1. The summed E-state index contributed by atoms with van der Waals surface area (Å²) in [5.74, 6) is 0.825. The summed E-state index contributed by atoms with van der Waals surface area (Å²) in [7, 11) is 0. The number of nitrogens with zero attached hydrogens (tertiary/aromatic N) is 4. The highest BCUT2D eigenvalue weighted by Crippen LogP contribution is 2.26. The molecule has 2 aromatic heterocycles. The van der Waals surface area contributed by atoms with Crippen LogP contribution in [0, 0.1) is 5.82 Å². The smallest absolute Gasteiger partial charge is 0.227 e. The molecule has 2 heterocycles. The number of nitrogens with one attached hydrogen (secondary N) is 2. The van der Waals surface area contributed by atoms with E-state index in [0.717, 1.165) is 43.6 Å². The highest BCUT2D eigenvalue weighted by molar-refractivity contribution is 5.86. The van der Waals surface area contributed by atoms with Gasteiger partial charge in [-0.25, -0.2) is 9.37 Å². The van der Waals surface area contributed by atoms with Gasteiger partial charge in [-0.2, -0.15) is 9.97 Å². The van der Waals surface area contributed by atoms with Crippen LogP contribution in [-0.2, 0) is 6.54 Å². The molecule has 3 aromatic rings. The van der Waals surface area contributed by atoms with E-state index in [1.165, 1.54) is 12.1 Å². The Balaban J connectivity index is 1.66. The highest BCUT2D eigenvalue weighted by Gasteiger charge is 2.21. The second-order valence-corrected chi connectivity index (χ2v) is 6.88. The van der Waals surface area contributed by atoms with Crippen molar-refractivity contribution in [3.05, 3.63) is 36.4 Å². The van der Waals surface area contributed by atoms with Gasteiger partial charge in [-0.15, -0.1) is 0 Å². The zero-order valence-corrected chi connectivity index (χ0v) is 15.2. The molecule has 3 N–H and O–H groups in total. The van der Waals surface area contributed by atoms with Crippen LogP contribution in [0.5, 0.6) is 0 Å². The molecule has 1 aliphatic rings. The molecule has 1 aliphatic carbocycles. The van der Waals surface area contributed by atoms with Crippen molar-refractivity contribution in [3.63, 3.8) is 0 Å². The van der Waals surface area contributed by atoms with Crippen LogP contribution in [-0.4, -0.2) is 36.8 Å². The zero-order chi connectivity index (χ0) is 18.8. The number of benzene rings is 1. The first-order chi connectivity index (χ1) is 13.1. The van der Waals surface area contributed by atoms with Gasteiger partial charge in [-0.1, -0.05) is 0 Å². The number of rotatable bonds is 5. The van der Waals surface area contributed by atoms with Crippen molar-refractivity contribution in [3.8, 4) is 0 Å². The topological polar surface area (TPSA) is 87.9 Å². The number of aromatic nitrogens is 4. The second-order valence-electron chi connectivity index (χ2n) is 6.88. The molecule has 0 bridgehead atoms. The molecular weight excluding hydrogens is 347 g/mol. The van der Waals surface area contributed by atoms with Gasteiger partial charge in [-0.05, 0) is 56.9 Å². The number of aliphatic hydroxyl groups is 1. The van der Waals surface area contributed by atoms with Crippen molar-refractivity contribution in [2.45, 2.75) is 51.3 Å². The molecule has 0 unspecified atom stereocenters. The fraction of sp³-hybridized carbons (Fsp3) is 0.421. The Hall–Kier alpha value is -2.74. The van der Waals surface area contributed by atoms with E-state index in [9.17, 15) is 9.50 Å². The van der Waals surface area contributed by atoms with Gasteiger partial charge in [0.2, 0.25) is 5.95 Å². The largest absolute Gasteiger partial charge is 0.393 e. The van der Waals surface area contributed by atoms with Crippen LogP contribution in [0.1, 0.15) is 32.6 Å². The van der Waals surface area contributed by atoms with Gasteiger partial charge in [0.05, 0.1) is 12.4 Å². The number of halogens is 1. The maximum absolute atomic E-state index is 13.2. The monoisotopic (exact) mass is 370 g/mol. The van der Waals surface area contributed by atoms with Crippen molar-refractivity contribution in [1.82, 2.24) is 19.5 Å². The molecular formula is C19H23FN6O. The zero-order valence-electron chi connectivity index (χ0n) is 15.2. The van der Waals surface area contributed by atoms with Crippen molar-refractivity contribution < 1.29 is 9.50 Å². The van der Waals surface area contributed by atoms with E-state index in [1.807, 2.05) is 11.5 Å². The quantitative estimate of drug-likeness (QED) is 0.638. The van der Waals surface area contributed by atoms with Crippen molar-refractivity contribution in [2.75, 3.05) is 10.6 Å². The van der Waals surface area contributed by atoms with Crippen LogP contribution in [0.25, 0.3) is 11.2 Å². The van der Waals surface area contributed by atoms with Gasteiger partial charge in [0, 0.05) is 18.3 Å². The molecule has 8 heteroatoms. The van der Waals surface area contributed by atoms with Crippen LogP contribution in [0.3, 0.4) is 0 Å². The van der Waals surface area contributed by atoms with E-state index in [1.54, 1.807) is 18.5 Å². The Kier molecular flexibility index (Phi) is 4.89. The fourth-order valence-electron chi connectivity index (χ4n) is 3.40. The Morgan fingerprint density at radius 2 is 1.89 bits per heavy atom. The summed E-state index contributed by atoms with van der Waals surface area (Å²) in [6.07, 6.45) is 4.88. The minimum atomic E-state index is -0.287. The third-order valence-electron chi connectivity index (χ3n) is 4.94. The van der Waals surface area contributed by atoms with Gasteiger partial charge in [0.1, 0.15) is 5.82 Å². The standard InChI is InChI=1S/C19H23FN6O/c1-2-26-11-21-16-17(22-13-5-3-12(20)4-6-13)24-19(25-18(16)26)23-14-7-9-15(27)10-8-14/h3-6,11,14-15,27H,2,7-10H2,1H3,(H2,22,23,24,25). The predicted molar refractivity (Wildman–Crippen MR) is 103 cm³/mol. The maximum Gasteiger partial charge on any atom is 0.227 e. The first-order valence-electron chi connectivity index (χ1n) is 9.32. The van der Waals surface area contributed by atoms with Gasteiger partial charge in [0.25, 0.3) is 0 Å². The Morgan fingerprint density at radius 3 is 2.59 bits per heavy atom. The number of imidazole rings is 1. The molecule has 142 valence electrons. The Labute approximate surface area is 156 Å². The lowest BCUT2D eigenvalue weighted by Gasteiger charge is -2.26. The maximum atomic E-state index is 13.2. The van der Waals surface area contributed by atoms with E-state index in [0.29, 0.717) is 17.3 Å². The summed E-state index contributed by atoms with van der Waals surface area (Å²) < 4.78 is 15.1. The molecule has 0 amide bonds. The van der Waals surface area contributed by atoms with Crippen LogP contribution in [0.2, 0.25) is 0 Å². The minimum Gasteiger partial charge on any atom is -0.393 e. The van der Waals surface area contributed by atoms with E-state index in [4.69, 9.17) is 0 Å². The number of hydrogen-bond acceptors (Lipinski definition) is 6. The SMILES string of the molecule is CCn1cnc2c(Nc3ccc(F)cc3)nc(NC3CCC(O)CC3)nc21. The van der Waals surface area contributed by atoms with Crippen molar-refractivity contribution >= 4 is 28.6 Å². The number of aryl methyl sites for hydroxylation is 1. The van der Waals surface area contributed by atoms with Gasteiger partial charge in [-0.3, -0.25) is 0 Å². The molecule has 1 fully saturated rings. The molecule has 0 atom stereocenters. The van der Waals surface area contributed by atoms with Gasteiger partial charge < -0.3 is 20.3 Å². The summed E-state index contributed by atoms with van der Waals surface area (Å²) in [4.78, 5) is 13.7. The molecule has 0 saturated heterocycles. The molecule has 0 spiro atoms. The normalized spacial score (nSPS) is 20.0. The lowest BCUT2D eigenvalue weighted by Crippen LogP contribution is -2.29. The van der Waals surface area contributed by atoms with Gasteiger partial charge in [0.15, 0.2) is 17.0 Å². The summed E-state index contributed by atoms with van der Waals surface area (Å²) in [5.41, 5.74) is 2.15. The van der Waals surface area contributed by atoms with E-state index in [-0.39, 0.29) is 18.0 Å². The number of anilines is 3. The van der Waals surface area contributed by atoms with Crippen LogP contribution in [0.15, 0.2) is 30.6 Å². The third-order valence-corrected chi connectivity index (χ3v) is 4.94. The lowest BCUT2D eigenvalue weighted by molar-refractivity contribution is 0.126. The van der Waals surface area contributed by atoms with Crippen LogP contribution < -0.4 is 10.6 Å². The molecule has 0 radical (unpaired) electrons. The Morgan fingerprint density at radius 1 is 1.15 bits per heavy atom. The second kappa shape index (κ2) is 7.48. The van der Waals surface area contributed by atoms with E-state index < -0.39 is 0 Å². The molecule has 27 heavy (non-hydrogen) atoms. The molecule has 1 saturated carbocycles. The van der Waals surface area contributed by atoms with Crippen LogP contribution in [0.4, 0.5) is 21.8 Å². The average molecular weight is 370 g/mol. The highest BCUT2D eigenvalue weighted by atomic mass is 19.1. The average Bonchev–Trinajstić information content (AvgIpc) is 3.09. The van der Waals surface area contributed by atoms with Crippen LogP contribution >= 0.6 is 0 Å². The van der Waals surface area contributed by atoms with E-state index in [2.05, 4.69) is 25.6 Å². The minimum absolute atomic E-state index is 0.205. The molecule has 7 nitrogen and oxygen atoms in total. The third kappa shape index (κ3) is 3.85. The summed E-state index contributed by atoms with van der Waals surface area (Å²) in [5, 5.41) is 16.3. The molecule has 0 aliphatic heterocycles. The van der Waals surface area contributed by atoms with E-state index >= 15 is 0 Å². The van der Waals surface area contributed by atoms with Crippen molar-refractivity contribution in [1.29, 1.82) is 0 Å². The Bertz CT molecular complexity index is 918. The fourth-order valence-corrected chi connectivity index (χ4v) is 3.40. The summed E-state index contributed by atoms with van der Waals surface area (Å²) in [6.45, 7) is 2.78. The molecule has 4 rings (SSSR count).